The van der Waals surface area contributed by atoms with Crippen LogP contribution in [0.1, 0.15) is 19.4 Å². The Bertz CT molecular complexity index is 938. The van der Waals surface area contributed by atoms with Gasteiger partial charge in [-0.1, -0.05) is 36.9 Å². The van der Waals surface area contributed by atoms with Crippen LogP contribution in [0.15, 0.2) is 73.3 Å². The molecule has 140 valence electrons. The Balaban J connectivity index is 1.95. The summed E-state index contributed by atoms with van der Waals surface area (Å²) < 4.78 is 10.2. The highest BCUT2D eigenvalue weighted by atomic mass is 16.5. The number of hydrogen-bond acceptors (Lipinski definition) is 4. The molecule has 0 aliphatic rings. The van der Waals surface area contributed by atoms with Crippen LogP contribution in [-0.2, 0) is 9.59 Å². The minimum atomic E-state index is -0.346. The summed E-state index contributed by atoms with van der Waals surface area (Å²) in [6, 6.07) is 20.9. The molecular formula is C24H20O4. The maximum absolute atomic E-state index is 11.1. The first kappa shape index (κ1) is 19.1. The van der Waals surface area contributed by atoms with Gasteiger partial charge in [0.1, 0.15) is 11.5 Å². The standard InChI is InChI=1S/C24H20O4/c1-4-18-13-21(19-5-9-23(10-6-19)27-16(2)25)15-22(14-18)20-7-11-24(12-8-20)28-17(3)26/h4-15H,1H2,2-3H3. The Labute approximate surface area is 164 Å². The number of rotatable bonds is 5. The molecule has 0 spiro atoms. The molecule has 4 heteroatoms. The first-order valence-electron chi connectivity index (χ1n) is 8.80. The third-order valence-electron chi connectivity index (χ3n) is 4.09. The van der Waals surface area contributed by atoms with Gasteiger partial charge in [0.25, 0.3) is 0 Å². The van der Waals surface area contributed by atoms with E-state index >= 15 is 0 Å². The van der Waals surface area contributed by atoms with Crippen molar-refractivity contribution in [2.24, 2.45) is 0 Å². The first-order valence-corrected chi connectivity index (χ1v) is 8.80. The van der Waals surface area contributed by atoms with Gasteiger partial charge < -0.3 is 9.47 Å². The molecule has 3 rings (SSSR count). The molecule has 3 aromatic rings. The molecule has 0 heterocycles. The van der Waals surface area contributed by atoms with E-state index in [1.807, 2.05) is 36.4 Å². The molecule has 0 saturated heterocycles. The number of esters is 2. The fraction of sp³-hybridized carbons (Fsp3) is 0.0833. The van der Waals surface area contributed by atoms with E-state index in [2.05, 4.69) is 12.6 Å². The van der Waals surface area contributed by atoms with Crippen molar-refractivity contribution < 1.29 is 19.1 Å². The maximum atomic E-state index is 11.1. The monoisotopic (exact) mass is 372 g/mol. The second kappa shape index (κ2) is 8.35. The van der Waals surface area contributed by atoms with Gasteiger partial charge in [-0.15, -0.1) is 0 Å². The van der Waals surface area contributed by atoms with Gasteiger partial charge >= 0.3 is 11.9 Å². The topological polar surface area (TPSA) is 52.6 Å². The molecular weight excluding hydrogens is 352 g/mol. The zero-order valence-corrected chi connectivity index (χ0v) is 15.8. The Morgan fingerprint density at radius 3 is 1.39 bits per heavy atom. The molecule has 0 unspecified atom stereocenters. The lowest BCUT2D eigenvalue weighted by molar-refractivity contribution is -0.132. The van der Waals surface area contributed by atoms with E-state index in [1.165, 1.54) is 13.8 Å². The van der Waals surface area contributed by atoms with Gasteiger partial charge in [0.15, 0.2) is 0 Å². The van der Waals surface area contributed by atoms with E-state index < -0.39 is 0 Å². The second-order valence-corrected chi connectivity index (χ2v) is 6.28. The predicted octanol–water partition coefficient (Wildman–Crippen LogP) is 5.51. The Hall–Kier alpha value is -3.66. The van der Waals surface area contributed by atoms with Gasteiger partial charge in [0.2, 0.25) is 0 Å². The highest BCUT2D eigenvalue weighted by molar-refractivity contribution is 5.78. The molecule has 0 fully saturated rings. The minimum absolute atomic E-state index is 0.346. The predicted molar refractivity (Wildman–Crippen MR) is 110 cm³/mol. The van der Waals surface area contributed by atoms with Crippen LogP contribution in [0.3, 0.4) is 0 Å². The normalized spacial score (nSPS) is 10.2. The van der Waals surface area contributed by atoms with E-state index in [4.69, 9.17) is 9.47 Å². The van der Waals surface area contributed by atoms with Crippen LogP contribution in [0.4, 0.5) is 0 Å². The van der Waals surface area contributed by atoms with Gasteiger partial charge in [-0.2, -0.15) is 0 Å². The van der Waals surface area contributed by atoms with E-state index in [0.29, 0.717) is 11.5 Å². The number of carbonyl (C=O) groups is 2. The third-order valence-corrected chi connectivity index (χ3v) is 4.09. The van der Waals surface area contributed by atoms with Crippen molar-refractivity contribution in [2.75, 3.05) is 0 Å². The number of hydrogen-bond donors (Lipinski definition) is 0. The van der Waals surface area contributed by atoms with Gasteiger partial charge in [-0.25, -0.2) is 0 Å². The number of ether oxygens (including phenoxy) is 2. The van der Waals surface area contributed by atoms with Crippen LogP contribution in [0, 0.1) is 0 Å². The molecule has 28 heavy (non-hydrogen) atoms. The van der Waals surface area contributed by atoms with E-state index in [0.717, 1.165) is 27.8 Å². The lowest BCUT2D eigenvalue weighted by atomic mass is 9.96. The first-order chi connectivity index (χ1) is 13.4. The largest absolute Gasteiger partial charge is 0.427 e. The average molecular weight is 372 g/mol. The molecule has 0 aliphatic carbocycles. The fourth-order valence-electron chi connectivity index (χ4n) is 2.87. The summed E-state index contributed by atoms with van der Waals surface area (Å²) in [5, 5.41) is 0. The van der Waals surface area contributed by atoms with Gasteiger partial charge in [0.05, 0.1) is 0 Å². The molecule has 3 aromatic carbocycles. The van der Waals surface area contributed by atoms with Crippen LogP contribution in [0.2, 0.25) is 0 Å². The van der Waals surface area contributed by atoms with Crippen molar-refractivity contribution in [3.63, 3.8) is 0 Å². The van der Waals surface area contributed by atoms with Crippen LogP contribution in [-0.4, -0.2) is 11.9 Å². The zero-order chi connectivity index (χ0) is 20.1. The summed E-state index contributed by atoms with van der Waals surface area (Å²) in [6.07, 6.45) is 1.80. The molecule has 0 saturated carbocycles. The quantitative estimate of drug-likeness (QED) is 0.437. The molecule has 0 bridgehead atoms. The van der Waals surface area contributed by atoms with Crippen molar-refractivity contribution in [1.29, 1.82) is 0 Å². The molecule has 0 N–H and O–H groups in total. The molecule has 0 atom stereocenters. The zero-order valence-electron chi connectivity index (χ0n) is 15.8. The SMILES string of the molecule is C=Cc1cc(-c2ccc(OC(C)=O)cc2)cc(-c2ccc(OC(C)=O)cc2)c1. The highest BCUT2D eigenvalue weighted by Crippen LogP contribution is 2.30. The van der Waals surface area contributed by atoms with E-state index in [-0.39, 0.29) is 11.9 Å². The van der Waals surface area contributed by atoms with Crippen LogP contribution in [0.5, 0.6) is 11.5 Å². The smallest absolute Gasteiger partial charge is 0.308 e. The van der Waals surface area contributed by atoms with E-state index in [9.17, 15) is 9.59 Å². The Morgan fingerprint density at radius 2 is 1.07 bits per heavy atom. The third kappa shape index (κ3) is 4.74. The van der Waals surface area contributed by atoms with Crippen molar-refractivity contribution >= 4 is 18.0 Å². The maximum Gasteiger partial charge on any atom is 0.308 e. The molecule has 0 radical (unpaired) electrons. The Kier molecular flexibility index (Phi) is 5.70. The summed E-state index contributed by atoms with van der Waals surface area (Å²) >= 11 is 0. The lowest BCUT2D eigenvalue weighted by Crippen LogP contribution is -2.00. The summed E-state index contributed by atoms with van der Waals surface area (Å²) in [4.78, 5) is 22.2. The van der Waals surface area contributed by atoms with Gasteiger partial charge in [0, 0.05) is 13.8 Å². The van der Waals surface area contributed by atoms with Gasteiger partial charge in [-0.05, 0) is 70.3 Å². The molecule has 0 amide bonds. The number of benzene rings is 3. The van der Waals surface area contributed by atoms with Crippen molar-refractivity contribution in [3.05, 3.63) is 78.9 Å². The molecule has 4 nitrogen and oxygen atoms in total. The highest BCUT2D eigenvalue weighted by Gasteiger charge is 2.07. The second-order valence-electron chi connectivity index (χ2n) is 6.28. The van der Waals surface area contributed by atoms with Gasteiger partial charge in [-0.3, -0.25) is 9.59 Å². The van der Waals surface area contributed by atoms with Crippen LogP contribution < -0.4 is 9.47 Å². The Morgan fingerprint density at radius 1 is 0.679 bits per heavy atom. The number of carbonyl (C=O) groups excluding carboxylic acids is 2. The fourth-order valence-corrected chi connectivity index (χ4v) is 2.87. The summed E-state index contributed by atoms with van der Waals surface area (Å²) in [5.41, 5.74) is 5.02. The van der Waals surface area contributed by atoms with Crippen molar-refractivity contribution in [1.82, 2.24) is 0 Å². The van der Waals surface area contributed by atoms with Crippen molar-refractivity contribution in [3.8, 4) is 33.8 Å². The average Bonchev–Trinajstić information content (AvgIpc) is 2.68. The molecule has 0 aliphatic heterocycles. The van der Waals surface area contributed by atoms with E-state index in [1.54, 1.807) is 30.3 Å². The van der Waals surface area contributed by atoms with Crippen LogP contribution >= 0.6 is 0 Å². The molecule has 0 aromatic heterocycles. The summed E-state index contributed by atoms with van der Waals surface area (Å²) in [7, 11) is 0. The summed E-state index contributed by atoms with van der Waals surface area (Å²) in [5.74, 6) is 0.330. The summed E-state index contributed by atoms with van der Waals surface area (Å²) in [6.45, 7) is 6.63. The van der Waals surface area contributed by atoms with Crippen LogP contribution in [0.25, 0.3) is 28.3 Å². The minimum Gasteiger partial charge on any atom is -0.427 e. The lowest BCUT2D eigenvalue weighted by Gasteiger charge is -2.10. The van der Waals surface area contributed by atoms with Crippen molar-refractivity contribution in [2.45, 2.75) is 13.8 Å².